The van der Waals surface area contributed by atoms with Gasteiger partial charge < -0.3 is 19.6 Å². The third-order valence-corrected chi connectivity index (χ3v) is 12.8. The lowest BCUT2D eigenvalue weighted by Crippen LogP contribution is -2.56. The van der Waals surface area contributed by atoms with Crippen molar-refractivity contribution < 1.29 is 32.2 Å². The lowest BCUT2D eigenvalue weighted by Gasteiger charge is -2.41. The van der Waals surface area contributed by atoms with Crippen molar-refractivity contribution in [1.29, 1.82) is 0 Å². The molecule has 4 atom stereocenters. The fourth-order valence-corrected chi connectivity index (χ4v) is 10.1. The summed E-state index contributed by atoms with van der Waals surface area (Å²) in [7, 11) is 0. The molecule has 2 aromatic carbocycles. The van der Waals surface area contributed by atoms with E-state index in [4.69, 9.17) is 16.1 Å². The lowest BCUT2D eigenvalue weighted by molar-refractivity contribution is -0.131. The van der Waals surface area contributed by atoms with Crippen molar-refractivity contribution >= 4 is 66.7 Å². The Bertz CT molecular complexity index is 2460. The number of benzene rings is 2. The van der Waals surface area contributed by atoms with Crippen LogP contribution >= 0.6 is 27.3 Å². The summed E-state index contributed by atoms with van der Waals surface area (Å²) in [6.07, 6.45) is 10.4. The maximum Gasteiger partial charge on any atom is 0.319 e. The highest BCUT2D eigenvalue weighted by Crippen LogP contribution is 2.43. The Morgan fingerprint density at radius 2 is 1.96 bits per heavy atom. The number of carbonyl (C=O) groups excluding carboxylic acids is 1. The van der Waals surface area contributed by atoms with Crippen molar-refractivity contribution in [3.05, 3.63) is 68.5 Å². The van der Waals surface area contributed by atoms with Gasteiger partial charge in [0.1, 0.15) is 51.0 Å². The molecule has 7 heterocycles. The number of phenolic OH excluding ortho intramolecular Hbond substituents is 1. The number of anilines is 1. The Morgan fingerprint density at radius 1 is 1.16 bits per heavy atom. The predicted octanol–water partition coefficient (Wildman–Crippen LogP) is 7.17. The molecular weight excluding hydrogens is 802 g/mol. The fraction of sp³-hybridized carbons (Fsp3) is 0.359. The van der Waals surface area contributed by atoms with E-state index in [9.17, 15) is 18.7 Å². The maximum atomic E-state index is 17.1. The number of aromatic hydroxyl groups is 1. The fourth-order valence-electron chi connectivity index (χ4n) is 8.95. The first-order valence-electron chi connectivity index (χ1n) is 17.9. The molecule has 10 nitrogen and oxygen atoms in total. The van der Waals surface area contributed by atoms with E-state index in [1.54, 1.807) is 10.3 Å². The van der Waals surface area contributed by atoms with E-state index in [-0.39, 0.29) is 76.7 Å². The van der Waals surface area contributed by atoms with E-state index in [2.05, 4.69) is 41.7 Å². The normalized spacial score (nSPS) is 23.9. The van der Waals surface area contributed by atoms with Crippen LogP contribution in [0.3, 0.4) is 0 Å². The zero-order valence-corrected chi connectivity index (χ0v) is 31.5. The Kier molecular flexibility index (Phi) is 8.93. The van der Waals surface area contributed by atoms with Crippen molar-refractivity contribution in [2.75, 3.05) is 37.7 Å². The molecule has 3 aromatic heterocycles. The van der Waals surface area contributed by atoms with Crippen molar-refractivity contribution in [2.45, 2.75) is 55.9 Å². The van der Waals surface area contributed by atoms with Crippen LogP contribution in [-0.4, -0.2) is 97.3 Å². The average Bonchev–Trinajstić information content (AvgIpc) is 3.90. The van der Waals surface area contributed by atoms with Crippen LogP contribution in [0.15, 0.2) is 46.3 Å². The molecular formula is C39H32BrF4N7O3S. The van der Waals surface area contributed by atoms with E-state index in [0.717, 1.165) is 25.5 Å². The van der Waals surface area contributed by atoms with Gasteiger partial charge in [0.15, 0.2) is 11.6 Å². The van der Waals surface area contributed by atoms with Gasteiger partial charge in [-0.2, -0.15) is 9.97 Å². The van der Waals surface area contributed by atoms with Crippen LogP contribution in [0.4, 0.5) is 23.4 Å². The molecule has 0 saturated carbocycles. The van der Waals surface area contributed by atoms with Gasteiger partial charge in [0.05, 0.1) is 28.6 Å². The van der Waals surface area contributed by atoms with Crippen LogP contribution in [0.25, 0.3) is 39.0 Å². The first kappa shape index (κ1) is 35.8. The monoisotopic (exact) mass is 833 g/mol. The molecule has 2 bridgehead atoms. The second-order valence-corrected chi connectivity index (χ2v) is 16.2. The second-order valence-electron chi connectivity index (χ2n) is 14.5. The van der Waals surface area contributed by atoms with Crippen molar-refractivity contribution in [3.8, 4) is 35.4 Å². The minimum Gasteiger partial charge on any atom is -0.508 e. The maximum absolute atomic E-state index is 17.1. The molecule has 1 N–H and O–H groups in total. The quantitative estimate of drug-likeness (QED) is 0.104. The van der Waals surface area contributed by atoms with Gasteiger partial charge in [0, 0.05) is 54.7 Å². The minimum absolute atomic E-state index is 0.0651. The number of hydrogen-bond acceptors (Lipinski definition) is 10. The second kappa shape index (κ2) is 13.7. The van der Waals surface area contributed by atoms with E-state index >= 15 is 8.78 Å². The topological polar surface area (TPSA) is 108 Å². The number of nitrogens with zero attached hydrogens (tertiary/aromatic N) is 7. The number of fused-ring (bicyclic) bond motifs is 5. The summed E-state index contributed by atoms with van der Waals surface area (Å²) in [5, 5.41) is 13.5. The van der Waals surface area contributed by atoms with Gasteiger partial charge in [-0.25, -0.2) is 22.5 Å². The highest BCUT2D eigenvalue weighted by Gasteiger charge is 2.50. The van der Waals surface area contributed by atoms with Gasteiger partial charge in [-0.1, -0.05) is 12.0 Å². The number of amides is 1. The Morgan fingerprint density at radius 3 is 2.71 bits per heavy atom. The molecule has 4 saturated heterocycles. The Labute approximate surface area is 325 Å². The number of alkyl halides is 1. The predicted molar refractivity (Wildman–Crippen MR) is 203 cm³/mol. The number of halogens is 5. The molecule has 0 spiro atoms. The van der Waals surface area contributed by atoms with Crippen molar-refractivity contribution in [3.63, 3.8) is 0 Å². The van der Waals surface area contributed by atoms with E-state index in [1.165, 1.54) is 41.8 Å². The summed E-state index contributed by atoms with van der Waals surface area (Å²) in [6.45, 7) is 1.68. The summed E-state index contributed by atoms with van der Waals surface area (Å²) in [4.78, 5) is 37.0. The molecule has 5 aromatic rings. The number of hydrogen-bond donors (Lipinski definition) is 1. The molecule has 1 amide bonds. The van der Waals surface area contributed by atoms with Gasteiger partial charge in [-0.15, -0.1) is 17.8 Å². The van der Waals surface area contributed by atoms with E-state index < -0.39 is 35.1 Å². The average molecular weight is 835 g/mol. The Hall–Kier alpha value is -4.85. The molecule has 0 aliphatic carbocycles. The lowest BCUT2D eigenvalue weighted by atomic mass is 9.95. The molecule has 16 heteroatoms. The SMILES string of the molecule is C#Cc1c(F)ccc2cc(O)cc(-c3ncc4c(N5CC6CCC(C5)N6C(=O)/C(F)=C/c5nc(Br)cs5)nc(OC[C@@]56CCCN5CC(F)C6)nc4c3F)c12. The first-order valence-corrected chi connectivity index (χ1v) is 19.6. The third-order valence-electron chi connectivity index (χ3n) is 11.3. The number of rotatable bonds is 7. The minimum atomic E-state index is -0.990. The number of piperazine rings is 1. The van der Waals surface area contributed by atoms with Gasteiger partial charge in [0.2, 0.25) is 0 Å². The number of carbonyl (C=O) groups is 1. The van der Waals surface area contributed by atoms with Crippen LogP contribution in [0, 0.1) is 24.0 Å². The first-order chi connectivity index (χ1) is 26.5. The molecule has 9 rings (SSSR count). The van der Waals surface area contributed by atoms with Crippen molar-refractivity contribution in [2.24, 2.45) is 0 Å². The van der Waals surface area contributed by atoms with Crippen LogP contribution in [0.5, 0.6) is 11.8 Å². The highest BCUT2D eigenvalue weighted by molar-refractivity contribution is 9.10. The molecule has 282 valence electrons. The standard InChI is InChI=1S/C39H32BrF4N7O3S/c1-2-25-28(42)7-4-20-10-24(52)11-26(32(20)25)34-33(44)35-27(14-45-34)36(48-38(47-35)54-19-39-8-3-9-50(39)15-21(41)13-39)49-16-22-5-6-23(17-49)51(22)37(53)29(43)12-31-46-30(40)18-55-31/h1,4,7,10-12,14,18,21-23,52H,3,5-6,8-9,13,15-17,19H2/b29-12-/t21?,22?,23?,39-/m0/s1. The number of thiazole rings is 1. The molecule has 0 radical (unpaired) electrons. The zero-order valence-electron chi connectivity index (χ0n) is 29.1. The molecule has 4 aliphatic heterocycles. The van der Waals surface area contributed by atoms with Crippen LogP contribution in [0.1, 0.15) is 42.7 Å². The third kappa shape index (κ3) is 6.16. The summed E-state index contributed by atoms with van der Waals surface area (Å²) in [6, 6.07) is 4.42. The number of ether oxygens (including phenoxy) is 1. The molecule has 3 unspecified atom stereocenters. The van der Waals surface area contributed by atoms with Crippen LogP contribution in [0.2, 0.25) is 0 Å². The Balaban J connectivity index is 1.12. The molecule has 55 heavy (non-hydrogen) atoms. The number of pyridine rings is 1. The molecule has 4 aliphatic rings. The van der Waals surface area contributed by atoms with Gasteiger partial charge in [0.25, 0.3) is 5.91 Å². The highest BCUT2D eigenvalue weighted by atomic mass is 79.9. The number of phenols is 1. The van der Waals surface area contributed by atoms with E-state index in [1.807, 2.05) is 4.90 Å². The summed E-state index contributed by atoms with van der Waals surface area (Å²) < 4.78 is 68.8. The van der Waals surface area contributed by atoms with Crippen molar-refractivity contribution in [1.82, 2.24) is 29.7 Å². The van der Waals surface area contributed by atoms with Gasteiger partial charge in [-0.05, 0) is 71.7 Å². The number of terminal acetylenes is 1. The van der Waals surface area contributed by atoms with Crippen LogP contribution < -0.4 is 9.64 Å². The number of aromatic nitrogens is 4. The summed E-state index contributed by atoms with van der Waals surface area (Å²) in [5.74, 6) is -0.766. The largest absolute Gasteiger partial charge is 0.508 e. The smallest absolute Gasteiger partial charge is 0.319 e. The summed E-state index contributed by atoms with van der Waals surface area (Å²) >= 11 is 4.45. The van der Waals surface area contributed by atoms with E-state index in [0.29, 0.717) is 46.6 Å². The summed E-state index contributed by atoms with van der Waals surface area (Å²) in [5.41, 5.74) is -0.959. The molecule has 4 fully saturated rings. The van der Waals surface area contributed by atoms with Gasteiger partial charge >= 0.3 is 6.01 Å². The van der Waals surface area contributed by atoms with Gasteiger partial charge in [-0.3, -0.25) is 14.7 Å². The van der Waals surface area contributed by atoms with Crippen LogP contribution in [-0.2, 0) is 4.79 Å². The zero-order chi connectivity index (χ0) is 38.2.